The number of nitrogens with two attached hydrogens (primary N) is 1. The third-order valence-electron chi connectivity index (χ3n) is 2.57. The Morgan fingerprint density at radius 1 is 1.50 bits per heavy atom. The number of rotatable bonds is 3. The van der Waals surface area contributed by atoms with Gasteiger partial charge in [-0.15, -0.1) is 0 Å². The lowest BCUT2D eigenvalue weighted by atomic mass is 10.1. The van der Waals surface area contributed by atoms with Crippen molar-refractivity contribution in [1.82, 2.24) is 4.31 Å². The van der Waals surface area contributed by atoms with Crippen LogP contribution in [-0.2, 0) is 10.0 Å². The van der Waals surface area contributed by atoms with Crippen molar-refractivity contribution < 1.29 is 8.42 Å². The van der Waals surface area contributed by atoms with Gasteiger partial charge in [0.1, 0.15) is 0 Å². The van der Waals surface area contributed by atoms with E-state index in [2.05, 4.69) is 0 Å². The van der Waals surface area contributed by atoms with E-state index in [9.17, 15) is 8.42 Å². The van der Waals surface area contributed by atoms with E-state index in [-0.39, 0.29) is 17.8 Å². The van der Waals surface area contributed by atoms with E-state index in [0.29, 0.717) is 6.54 Å². The molecule has 1 rings (SSSR count). The summed E-state index contributed by atoms with van der Waals surface area (Å²) < 4.78 is 25.3. The van der Waals surface area contributed by atoms with E-state index in [1.165, 1.54) is 0 Å². The minimum absolute atomic E-state index is 0.0668. The van der Waals surface area contributed by atoms with Gasteiger partial charge in [-0.3, -0.25) is 0 Å². The lowest BCUT2D eigenvalue weighted by Crippen LogP contribution is -2.45. The van der Waals surface area contributed by atoms with E-state index in [0.717, 1.165) is 19.3 Å². The van der Waals surface area contributed by atoms with Gasteiger partial charge in [-0.05, 0) is 26.7 Å². The Bertz CT molecular complexity index is 275. The number of hydrogen-bond donors (Lipinski definition) is 1. The number of nitrogens with zero attached hydrogens (tertiary/aromatic N) is 1. The van der Waals surface area contributed by atoms with Crippen LogP contribution < -0.4 is 5.73 Å². The summed E-state index contributed by atoms with van der Waals surface area (Å²) in [5, 5.41) is 0. The quantitative estimate of drug-likeness (QED) is 0.755. The Hall–Kier alpha value is -0.130. The molecule has 2 atom stereocenters. The highest BCUT2D eigenvalue weighted by atomic mass is 32.2. The summed E-state index contributed by atoms with van der Waals surface area (Å²) in [5.41, 5.74) is 5.52. The molecule has 1 aliphatic rings. The van der Waals surface area contributed by atoms with Crippen LogP contribution in [0.15, 0.2) is 0 Å². The highest BCUT2D eigenvalue weighted by molar-refractivity contribution is 7.89. The van der Waals surface area contributed by atoms with E-state index < -0.39 is 10.0 Å². The average molecular weight is 220 g/mol. The molecule has 1 saturated heterocycles. The van der Waals surface area contributed by atoms with E-state index >= 15 is 0 Å². The van der Waals surface area contributed by atoms with Crippen LogP contribution in [0.2, 0.25) is 0 Å². The van der Waals surface area contributed by atoms with Gasteiger partial charge in [-0.25, -0.2) is 8.42 Å². The first-order valence-corrected chi connectivity index (χ1v) is 6.79. The zero-order valence-electron chi connectivity index (χ0n) is 8.94. The molecule has 1 aliphatic heterocycles. The molecule has 0 bridgehead atoms. The molecule has 84 valence electrons. The molecule has 1 heterocycles. The van der Waals surface area contributed by atoms with E-state index in [1.54, 1.807) is 11.2 Å². The molecule has 0 aromatic rings. The molecule has 2 unspecified atom stereocenters. The van der Waals surface area contributed by atoms with Crippen molar-refractivity contribution in [3.63, 3.8) is 0 Å². The molecule has 14 heavy (non-hydrogen) atoms. The summed E-state index contributed by atoms with van der Waals surface area (Å²) in [6, 6.07) is -0.137. The standard InChI is InChI=1S/C9H20N2O2S/c1-8(10)7-14(12,13)11-6-4-3-5-9(11)2/h8-9H,3-7,10H2,1-2H3. The van der Waals surface area contributed by atoms with Crippen molar-refractivity contribution in [3.8, 4) is 0 Å². The second-order valence-corrected chi connectivity index (χ2v) is 6.18. The maximum Gasteiger partial charge on any atom is 0.215 e. The van der Waals surface area contributed by atoms with Gasteiger partial charge in [0.2, 0.25) is 10.0 Å². The van der Waals surface area contributed by atoms with Gasteiger partial charge in [0, 0.05) is 18.6 Å². The molecular weight excluding hydrogens is 200 g/mol. The Morgan fingerprint density at radius 3 is 2.64 bits per heavy atom. The van der Waals surface area contributed by atoms with Crippen molar-refractivity contribution in [2.75, 3.05) is 12.3 Å². The fraction of sp³-hybridized carbons (Fsp3) is 1.00. The normalized spacial score (nSPS) is 27.5. The Labute approximate surface area is 86.5 Å². The second kappa shape index (κ2) is 4.59. The van der Waals surface area contributed by atoms with Gasteiger partial charge < -0.3 is 5.73 Å². The molecule has 1 fully saturated rings. The first kappa shape index (κ1) is 11.9. The van der Waals surface area contributed by atoms with Crippen LogP contribution in [0, 0.1) is 0 Å². The summed E-state index contributed by atoms with van der Waals surface area (Å²) in [6.07, 6.45) is 3.08. The van der Waals surface area contributed by atoms with Crippen LogP contribution in [0.5, 0.6) is 0 Å². The smallest absolute Gasteiger partial charge is 0.215 e. The van der Waals surface area contributed by atoms with Crippen molar-refractivity contribution in [2.45, 2.75) is 45.2 Å². The second-order valence-electron chi connectivity index (χ2n) is 4.21. The Morgan fingerprint density at radius 2 is 2.14 bits per heavy atom. The molecule has 4 nitrogen and oxygen atoms in total. The highest BCUT2D eigenvalue weighted by Gasteiger charge is 2.29. The van der Waals surface area contributed by atoms with Crippen LogP contribution >= 0.6 is 0 Å². The van der Waals surface area contributed by atoms with Crippen LogP contribution in [0.1, 0.15) is 33.1 Å². The lowest BCUT2D eigenvalue weighted by molar-refractivity contribution is 0.268. The number of piperidine rings is 1. The minimum Gasteiger partial charge on any atom is -0.327 e. The molecule has 0 spiro atoms. The average Bonchev–Trinajstić information content (AvgIpc) is 2.02. The van der Waals surface area contributed by atoms with Crippen LogP contribution in [0.3, 0.4) is 0 Å². The zero-order valence-corrected chi connectivity index (χ0v) is 9.76. The predicted molar refractivity (Wildman–Crippen MR) is 57.5 cm³/mol. The van der Waals surface area contributed by atoms with Gasteiger partial charge >= 0.3 is 0 Å². The summed E-state index contributed by atoms with van der Waals surface area (Å²) in [7, 11) is -3.12. The summed E-state index contributed by atoms with van der Waals surface area (Å²) >= 11 is 0. The van der Waals surface area contributed by atoms with Crippen LogP contribution in [0.4, 0.5) is 0 Å². The van der Waals surface area contributed by atoms with Crippen molar-refractivity contribution in [3.05, 3.63) is 0 Å². The van der Waals surface area contributed by atoms with Crippen molar-refractivity contribution >= 4 is 10.0 Å². The third-order valence-corrected chi connectivity index (χ3v) is 4.78. The summed E-state index contributed by atoms with van der Waals surface area (Å²) in [4.78, 5) is 0. The van der Waals surface area contributed by atoms with Crippen molar-refractivity contribution in [2.24, 2.45) is 5.73 Å². The summed E-state index contributed by atoms with van der Waals surface area (Å²) in [5.74, 6) is 0.0668. The molecule has 0 amide bonds. The topological polar surface area (TPSA) is 63.4 Å². The van der Waals surface area contributed by atoms with E-state index in [4.69, 9.17) is 5.73 Å². The predicted octanol–water partition coefficient (Wildman–Crippen LogP) is 0.538. The molecule has 0 aromatic carbocycles. The molecule has 0 aromatic heterocycles. The molecule has 0 radical (unpaired) electrons. The fourth-order valence-corrected chi connectivity index (χ4v) is 3.83. The number of sulfonamides is 1. The maximum atomic E-state index is 11.9. The molecule has 5 heteroatoms. The largest absolute Gasteiger partial charge is 0.327 e. The minimum atomic E-state index is -3.12. The molecular formula is C9H20N2O2S. The molecule has 2 N–H and O–H groups in total. The van der Waals surface area contributed by atoms with Gasteiger partial charge in [-0.2, -0.15) is 4.31 Å². The Kier molecular flexibility index (Phi) is 3.92. The van der Waals surface area contributed by atoms with Gasteiger partial charge in [-0.1, -0.05) is 6.42 Å². The van der Waals surface area contributed by atoms with Crippen LogP contribution in [0.25, 0.3) is 0 Å². The lowest BCUT2D eigenvalue weighted by Gasteiger charge is -2.32. The first-order chi connectivity index (χ1) is 6.43. The van der Waals surface area contributed by atoms with Gasteiger partial charge in [0.25, 0.3) is 0 Å². The monoisotopic (exact) mass is 220 g/mol. The van der Waals surface area contributed by atoms with Crippen LogP contribution in [-0.4, -0.2) is 37.1 Å². The highest BCUT2D eigenvalue weighted by Crippen LogP contribution is 2.20. The SMILES string of the molecule is CC(N)CS(=O)(=O)N1CCCCC1C. The summed E-state index contributed by atoms with van der Waals surface area (Å²) in [6.45, 7) is 4.36. The van der Waals surface area contributed by atoms with Gasteiger partial charge in [0.15, 0.2) is 0 Å². The maximum absolute atomic E-state index is 11.9. The molecule has 0 aliphatic carbocycles. The van der Waals surface area contributed by atoms with Crippen molar-refractivity contribution in [1.29, 1.82) is 0 Å². The molecule has 0 saturated carbocycles. The van der Waals surface area contributed by atoms with E-state index in [1.807, 2.05) is 6.92 Å². The Balaban J connectivity index is 2.70. The number of hydrogen-bond acceptors (Lipinski definition) is 3. The fourth-order valence-electron chi connectivity index (χ4n) is 1.91. The van der Waals surface area contributed by atoms with Gasteiger partial charge in [0.05, 0.1) is 5.75 Å². The first-order valence-electron chi connectivity index (χ1n) is 5.18. The zero-order chi connectivity index (χ0) is 10.8. The third kappa shape index (κ3) is 2.93.